The van der Waals surface area contributed by atoms with Gasteiger partial charge in [-0.2, -0.15) is 0 Å². The van der Waals surface area contributed by atoms with Crippen LogP contribution >= 0.6 is 11.8 Å². The quantitative estimate of drug-likeness (QED) is 0.756. The lowest BCUT2D eigenvalue weighted by atomic mass is 10.2. The average molecular weight is 351 g/mol. The van der Waals surface area contributed by atoms with Gasteiger partial charge in [0.25, 0.3) is 0 Å². The molecule has 1 unspecified atom stereocenters. The molecule has 0 bridgehead atoms. The predicted octanol–water partition coefficient (Wildman–Crippen LogP) is 1.57. The molecular weight excluding hydrogens is 330 g/mol. The molecule has 1 aromatic rings. The molecule has 0 saturated carbocycles. The van der Waals surface area contributed by atoms with Crippen molar-refractivity contribution < 1.29 is 18.8 Å². The Morgan fingerprint density at radius 3 is 2.79 bits per heavy atom. The van der Waals surface area contributed by atoms with Crippen LogP contribution in [-0.2, 0) is 9.59 Å². The lowest BCUT2D eigenvalue weighted by Gasteiger charge is -2.34. The zero-order valence-corrected chi connectivity index (χ0v) is 14.5. The molecule has 8 heteroatoms. The number of likely N-dealkylation sites (N-methyl/N-ethyl adjacent to an activating group) is 1. The summed E-state index contributed by atoms with van der Waals surface area (Å²) in [4.78, 5) is 41.1. The maximum atomic E-state index is 12.7. The van der Waals surface area contributed by atoms with E-state index in [1.54, 1.807) is 22.9 Å². The molecule has 2 aliphatic rings. The van der Waals surface area contributed by atoms with Gasteiger partial charge in [-0.15, -0.1) is 11.8 Å². The summed E-state index contributed by atoms with van der Waals surface area (Å²) >= 11 is 1.75. The van der Waals surface area contributed by atoms with E-state index in [0.29, 0.717) is 26.2 Å². The van der Waals surface area contributed by atoms with Gasteiger partial charge in [0.15, 0.2) is 0 Å². The predicted molar refractivity (Wildman–Crippen MR) is 89.5 cm³/mol. The normalized spacial score (nSPS) is 22.7. The fourth-order valence-corrected chi connectivity index (χ4v) is 4.17. The van der Waals surface area contributed by atoms with E-state index in [0.717, 1.165) is 22.8 Å². The molecule has 2 saturated heterocycles. The van der Waals surface area contributed by atoms with Crippen molar-refractivity contribution in [1.82, 2.24) is 14.7 Å². The molecule has 3 heterocycles. The molecule has 2 aliphatic heterocycles. The number of carbonyl (C=O) groups is 3. The highest BCUT2D eigenvalue weighted by Crippen LogP contribution is 2.34. The van der Waals surface area contributed by atoms with Crippen molar-refractivity contribution in [2.75, 3.05) is 38.5 Å². The summed E-state index contributed by atoms with van der Waals surface area (Å²) in [5.41, 5.74) is 0. The lowest BCUT2D eigenvalue weighted by Crippen LogP contribution is -2.58. The van der Waals surface area contributed by atoms with Gasteiger partial charge in [-0.05, 0) is 25.5 Å². The number of amides is 4. The van der Waals surface area contributed by atoms with Gasteiger partial charge >= 0.3 is 17.8 Å². The van der Waals surface area contributed by atoms with Gasteiger partial charge in [-0.1, -0.05) is 0 Å². The van der Waals surface area contributed by atoms with E-state index in [-0.39, 0.29) is 17.8 Å². The number of carbonyl (C=O) groups excluding carboxylic acids is 3. The molecule has 130 valence electrons. The third-order valence-electron chi connectivity index (χ3n) is 4.39. The van der Waals surface area contributed by atoms with E-state index in [2.05, 4.69) is 0 Å². The minimum Gasteiger partial charge on any atom is -0.468 e. The largest absolute Gasteiger partial charge is 0.468 e. The number of nitrogens with zero attached hydrogens (tertiary/aromatic N) is 3. The third-order valence-corrected chi connectivity index (χ3v) is 5.68. The van der Waals surface area contributed by atoms with E-state index in [4.69, 9.17) is 4.42 Å². The van der Waals surface area contributed by atoms with Crippen LogP contribution in [0.25, 0.3) is 0 Å². The van der Waals surface area contributed by atoms with Crippen molar-refractivity contribution in [3.63, 3.8) is 0 Å². The zero-order chi connectivity index (χ0) is 17.1. The van der Waals surface area contributed by atoms with Crippen LogP contribution in [0.4, 0.5) is 4.79 Å². The summed E-state index contributed by atoms with van der Waals surface area (Å²) in [5, 5.41) is 0.215. The summed E-state index contributed by atoms with van der Waals surface area (Å²) in [6, 6.07) is 3.45. The van der Waals surface area contributed by atoms with Crippen molar-refractivity contribution in [2.24, 2.45) is 0 Å². The number of piperazine rings is 1. The topological polar surface area (TPSA) is 74.1 Å². The summed E-state index contributed by atoms with van der Waals surface area (Å²) in [6.45, 7) is 4.09. The Morgan fingerprint density at radius 2 is 2.08 bits per heavy atom. The van der Waals surface area contributed by atoms with E-state index in [9.17, 15) is 14.4 Å². The Balaban J connectivity index is 1.63. The summed E-state index contributed by atoms with van der Waals surface area (Å²) in [7, 11) is 0. The molecule has 0 aliphatic carbocycles. The molecule has 0 N–H and O–H groups in total. The summed E-state index contributed by atoms with van der Waals surface area (Å²) in [5.74, 6) is 0.383. The fourth-order valence-electron chi connectivity index (χ4n) is 2.99. The number of hydrogen-bond acceptors (Lipinski definition) is 5. The number of imide groups is 1. The van der Waals surface area contributed by atoms with Crippen molar-refractivity contribution >= 4 is 29.6 Å². The van der Waals surface area contributed by atoms with Gasteiger partial charge in [-0.3, -0.25) is 14.5 Å². The van der Waals surface area contributed by atoms with Crippen LogP contribution in [0.2, 0.25) is 0 Å². The first-order chi connectivity index (χ1) is 11.6. The van der Waals surface area contributed by atoms with Crippen LogP contribution in [-0.4, -0.2) is 71.0 Å². The maximum Gasteiger partial charge on any atom is 0.327 e. The van der Waals surface area contributed by atoms with E-state index in [1.165, 1.54) is 4.90 Å². The third kappa shape index (κ3) is 3.28. The number of furan rings is 1. The van der Waals surface area contributed by atoms with Crippen LogP contribution in [0.3, 0.4) is 0 Å². The Hall–Kier alpha value is -1.96. The van der Waals surface area contributed by atoms with E-state index in [1.807, 2.05) is 19.1 Å². The van der Waals surface area contributed by atoms with Gasteiger partial charge < -0.3 is 14.2 Å². The van der Waals surface area contributed by atoms with Crippen LogP contribution in [0, 0.1) is 0 Å². The summed E-state index contributed by atoms with van der Waals surface area (Å²) in [6.07, 6.45) is 2.42. The number of thioether (sulfide) groups is 1. The molecule has 0 spiro atoms. The average Bonchev–Trinajstić information content (AvgIpc) is 3.01. The monoisotopic (exact) mass is 351 g/mol. The summed E-state index contributed by atoms with van der Waals surface area (Å²) < 4.78 is 5.46. The molecule has 4 amide bonds. The second kappa shape index (κ2) is 7.29. The SMILES string of the molecule is CCN1CCN(C(=O)N2CCSC(c3ccco3)CC2)C(=O)C1=O. The molecular formula is C16H21N3O4S. The van der Waals surface area contributed by atoms with E-state index >= 15 is 0 Å². The van der Waals surface area contributed by atoms with Gasteiger partial charge in [0, 0.05) is 38.5 Å². The van der Waals surface area contributed by atoms with Crippen molar-refractivity contribution in [3.8, 4) is 0 Å². The van der Waals surface area contributed by atoms with Gasteiger partial charge in [0.2, 0.25) is 0 Å². The second-order valence-electron chi connectivity index (χ2n) is 5.77. The van der Waals surface area contributed by atoms with Gasteiger partial charge in [0.05, 0.1) is 11.5 Å². The Morgan fingerprint density at radius 1 is 1.25 bits per heavy atom. The first-order valence-corrected chi connectivity index (χ1v) is 9.21. The van der Waals surface area contributed by atoms with Gasteiger partial charge in [0.1, 0.15) is 5.76 Å². The maximum absolute atomic E-state index is 12.7. The van der Waals surface area contributed by atoms with Crippen molar-refractivity contribution in [2.45, 2.75) is 18.6 Å². The van der Waals surface area contributed by atoms with Crippen molar-refractivity contribution in [1.29, 1.82) is 0 Å². The lowest BCUT2D eigenvalue weighted by molar-refractivity contribution is -0.153. The number of rotatable bonds is 2. The molecule has 1 aromatic heterocycles. The van der Waals surface area contributed by atoms with Crippen LogP contribution in [0.5, 0.6) is 0 Å². The first-order valence-electron chi connectivity index (χ1n) is 8.16. The van der Waals surface area contributed by atoms with Crippen LogP contribution < -0.4 is 0 Å². The molecule has 2 fully saturated rings. The minimum atomic E-state index is -0.715. The fraction of sp³-hybridized carbons (Fsp3) is 0.562. The number of urea groups is 1. The Kier molecular flexibility index (Phi) is 5.13. The van der Waals surface area contributed by atoms with Crippen LogP contribution in [0.15, 0.2) is 22.8 Å². The number of hydrogen-bond donors (Lipinski definition) is 0. The molecule has 1 atom stereocenters. The van der Waals surface area contributed by atoms with Gasteiger partial charge in [-0.25, -0.2) is 4.79 Å². The molecule has 3 rings (SSSR count). The molecule has 0 radical (unpaired) electrons. The zero-order valence-electron chi connectivity index (χ0n) is 13.6. The highest BCUT2D eigenvalue weighted by molar-refractivity contribution is 7.99. The Bertz CT molecular complexity index is 619. The highest BCUT2D eigenvalue weighted by atomic mass is 32.2. The molecule has 24 heavy (non-hydrogen) atoms. The minimum absolute atomic E-state index is 0.215. The smallest absolute Gasteiger partial charge is 0.327 e. The Labute approximate surface area is 144 Å². The highest BCUT2D eigenvalue weighted by Gasteiger charge is 2.37. The molecule has 0 aromatic carbocycles. The van der Waals surface area contributed by atoms with E-state index < -0.39 is 11.8 Å². The standard InChI is InChI=1S/C16H21N3O4S/c1-2-17-7-8-19(15(21)14(17)20)16(22)18-6-5-13(24-11-9-18)12-4-3-10-23-12/h3-4,10,13H,2,5-9,11H2,1H3. The second-order valence-corrected chi connectivity index (χ2v) is 7.09. The van der Waals surface area contributed by atoms with Crippen LogP contribution in [0.1, 0.15) is 24.4 Å². The first kappa shape index (κ1) is 16.9. The molecule has 7 nitrogen and oxygen atoms in total. The van der Waals surface area contributed by atoms with Crippen molar-refractivity contribution in [3.05, 3.63) is 24.2 Å².